The van der Waals surface area contributed by atoms with E-state index in [4.69, 9.17) is 10.1 Å². The van der Waals surface area contributed by atoms with Crippen LogP contribution in [0.3, 0.4) is 0 Å². The molecule has 3 rings (SSSR count). The Morgan fingerprint density at radius 1 is 1.32 bits per heavy atom. The third-order valence-corrected chi connectivity index (χ3v) is 9.09. The van der Waals surface area contributed by atoms with Gasteiger partial charge in [0.05, 0.1) is 30.5 Å². The Hall–Kier alpha value is -2.81. The molecule has 7 nitrogen and oxygen atoms in total. The molecule has 9 heteroatoms. The van der Waals surface area contributed by atoms with Crippen LogP contribution in [0.15, 0.2) is 30.0 Å². The van der Waals surface area contributed by atoms with Gasteiger partial charge in [0.15, 0.2) is 9.84 Å². The van der Waals surface area contributed by atoms with Crippen LogP contribution in [0.25, 0.3) is 5.70 Å². The molecule has 0 spiro atoms. The molecular formula is C25H33FN4O3S. The molecule has 1 unspecified atom stereocenters. The minimum Gasteiger partial charge on any atom is -0.480 e. The first-order valence-corrected chi connectivity index (χ1v) is 13.0. The van der Waals surface area contributed by atoms with Gasteiger partial charge in [0.1, 0.15) is 16.3 Å². The SMILES string of the molecule is CCC(=N)C(C)(C)S(=O)(=O)CC(C)c1cc(NC(=C2CC2)c2ncc(OC)nc2C)ccc1F. The Labute approximate surface area is 201 Å². The van der Waals surface area contributed by atoms with Gasteiger partial charge in [-0.05, 0) is 75.3 Å². The van der Waals surface area contributed by atoms with Crippen molar-refractivity contribution in [1.29, 1.82) is 5.41 Å². The van der Waals surface area contributed by atoms with Gasteiger partial charge >= 0.3 is 0 Å². The second kappa shape index (κ2) is 9.82. The number of anilines is 1. The van der Waals surface area contributed by atoms with Gasteiger partial charge in [0, 0.05) is 11.4 Å². The number of sulfone groups is 1. The third kappa shape index (κ3) is 5.29. The van der Waals surface area contributed by atoms with Crippen LogP contribution in [-0.4, -0.2) is 41.7 Å². The van der Waals surface area contributed by atoms with E-state index in [1.807, 2.05) is 6.92 Å². The Bertz CT molecular complexity index is 1230. The zero-order valence-corrected chi connectivity index (χ0v) is 21.4. The highest BCUT2D eigenvalue weighted by molar-refractivity contribution is 7.93. The fourth-order valence-electron chi connectivity index (χ4n) is 3.82. The van der Waals surface area contributed by atoms with Gasteiger partial charge in [0.2, 0.25) is 5.88 Å². The average Bonchev–Trinajstić information content (AvgIpc) is 3.62. The highest BCUT2D eigenvalue weighted by Gasteiger charge is 2.39. The maximum Gasteiger partial charge on any atom is 0.232 e. The number of aromatic nitrogens is 2. The molecule has 1 saturated carbocycles. The quantitative estimate of drug-likeness (QED) is 0.441. The number of allylic oxidation sites excluding steroid dienone is 1. The monoisotopic (exact) mass is 488 g/mol. The lowest BCUT2D eigenvalue weighted by atomic mass is 10.0. The summed E-state index contributed by atoms with van der Waals surface area (Å²) in [5.74, 6) is -0.868. The van der Waals surface area contributed by atoms with E-state index < -0.39 is 26.3 Å². The van der Waals surface area contributed by atoms with Crippen molar-refractivity contribution < 1.29 is 17.5 Å². The highest BCUT2D eigenvalue weighted by Crippen LogP contribution is 2.38. The van der Waals surface area contributed by atoms with Crippen LogP contribution in [0.2, 0.25) is 0 Å². The van der Waals surface area contributed by atoms with Gasteiger partial charge < -0.3 is 15.5 Å². The number of rotatable bonds is 10. The number of benzene rings is 1. The van der Waals surface area contributed by atoms with Gasteiger partial charge in [-0.15, -0.1) is 0 Å². The fourth-order valence-corrected chi connectivity index (χ4v) is 5.59. The number of hydrogen-bond donors (Lipinski definition) is 2. The maximum absolute atomic E-state index is 14.8. The predicted molar refractivity (Wildman–Crippen MR) is 134 cm³/mol. The minimum atomic E-state index is -3.68. The summed E-state index contributed by atoms with van der Waals surface area (Å²) in [7, 11) is -2.14. The molecule has 0 radical (unpaired) electrons. The molecule has 1 aliphatic carbocycles. The lowest BCUT2D eigenvalue weighted by Crippen LogP contribution is -2.42. The van der Waals surface area contributed by atoms with E-state index in [-0.39, 0.29) is 11.5 Å². The van der Waals surface area contributed by atoms with E-state index in [0.29, 0.717) is 34.9 Å². The number of nitrogens with one attached hydrogen (secondary N) is 2. The second-order valence-electron chi connectivity index (χ2n) is 9.21. The summed E-state index contributed by atoms with van der Waals surface area (Å²) >= 11 is 0. The molecule has 2 aromatic rings. The summed E-state index contributed by atoms with van der Waals surface area (Å²) in [5, 5.41) is 11.4. The standard InChI is InChI=1S/C25H33FN4O3S/c1-7-21(27)25(4,5)34(31,32)14-15(2)19-12-18(10-11-20(19)26)30-24(17-8-9-17)23-16(3)29-22(33-6)13-28-23/h10-13,15,27,30H,7-9,14H2,1-6H3. The van der Waals surface area contributed by atoms with Gasteiger partial charge in [-0.2, -0.15) is 0 Å². The second-order valence-corrected chi connectivity index (χ2v) is 11.8. The summed E-state index contributed by atoms with van der Waals surface area (Å²) < 4.78 is 44.8. The van der Waals surface area contributed by atoms with Crippen molar-refractivity contribution in [3.8, 4) is 5.88 Å². The summed E-state index contributed by atoms with van der Waals surface area (Å²) in [6, 6.07) is 4.64. The first-order chi connectivity index (χ1) is 15.9. The molecule has 0 bridgehead atoms. The maximum atomic E-state index is 14.8. The first kappa shape index (κ1) is 25.8. The van der Waals surface area contributed by atoms with Crippen molar-refractivity contribution >= 4 is 26.9 Å². The largest absolute Gasteiger partial charge is 0.480 e. The summed E-state index contributed by atoms with van der Waals surface area (Å²) in [5.41, 5.74) is 4.55. The van der Waals surface area contributed by atoms with Crippen LogP contribution in [0.1, 0.15) is 69.8 Å². The third-order valence-electron chi connectivity index (χ3n) is 6.35. The van der Waals surface area contributed by atoms with Crippen LogP contribution >= 0.6 is 0 Å². The molecule has 0 amide bonds. The van der Waals surface area contributed by atoms with E-state index in [1.165, 1.54) is 18.7 Å². The van der Waals surface area contributed by atoms with E-state index in [9.17, 15) is 12.8 Å². The van der Waals surface area contributed by atoms with Crippen LogP contribution in [0, 0.1) is 18.2 Å². The number of hydrogen-bond acceptors (Lipinski definition) is 7. The molecule has 0 aliphatic heterocycles. The molecule has 1 fully saturated rings. The summed E-state index contributed by atoms with van der Waals surface area (Å²) in [4.78, 5) is 8.91. The van der Waals surface area contributed by atoms with Crippen molar-refractivity contribution in [2.24, 2.45) is 0 Å². The molecule has 184 valence electrons. The summed E-state index contributed by atoms with van der Waals surface area (Å²) in [6.07, 6.45) is 3.79. The fraction of sp³-hybridized carbons (Fsp3) is 0.480. The zero-order valence-electron chi connectivity index (χ0n) is 20.6. The smallest absolute Gasteiger partial charge is 0.232 e. The molecule has 1 aromatic carbocycles. The number of nitrogens with zero attached hydrogens (tertiary/aromatic N) is 2. The number of aryl methyl sites for hydroxylation is 1. The van der Waals surface area contributed by atoms with Crippen molar-refractivity contribution in [1.82, 2.24) is 9.97 Å². The van der Waals surface area contributed by atoms with Gasteiger partial charge in [0.25, 0.3) is 0 Å². The molecular weight excluding hydrogens is 455 g/mol. The molecule has 0 saturated heterocycles. The molecule has 1 aliphatic rings. The summed E-state index contributed by atoms with van der Waals surface area (Å²) in [6.45, 7) is 8.40. The Morgan fingerprint density at radius 2 is 2.00 bits per heavy atom. The van der Waals surface area contributed by atoms with E-state index in [1.54, 1.807) is 46.0 Å². The van der Waals surface area contributed by atoms with Crippen LogP contribution in [0.5, 0.6) is 5.88 Å². The topological polar surface area (TPSA) is 105 Å². The Kier molecular flexibility index (Phi) is 7.45. The van der Waals surface area contributed by atoms with Gasteiger partial charge in [-0.25, -0.2) is 22.8 Å². The molecule has 2 N–H and O–H groups in total. The van der Waals surface area contributed by atoms with Crippen molar-refractivity contribution in [2.45, 2.75) is 64.5 Å². The highest BCUT2D eigenvalue weighted by atomic mass is 32.2. The number of ether oxygens (including phenoxy) is 1. The van der Waals surface area contributed by atoms with Crippen molar-refractivity contribution in [2.75, 3.05) is 18.2 Å². The van der Waals surface area contributed by atoms with Crippen LogP contribution in [-0.2, 0) is 9.84 Å². The Morgan fingerprint density at radius 3 is 2.56 bits per heavy atom. The number of methoxy groups -OCH3 is 1. The van der Waals surface area contributed by atoms with Gasteiger partial charge in [-0.1, -0.05) is 13.8 Å². The van der Waals surface area contributed by atoms with Gasteiger partial charge in [-0.3, -0.25) is 0 Å². The van der Waals surface area contributed by atoms with E-state index >= 15 is 0 Å². The lowest BCUT2D eigenvalue weighted by Gasteiger charge is -2.27. The first-order valence-electron chi connectivity index (χ1n) is 11.4. The molecule has 1 atom stereocenters. The van der Waals surface area contributed by atoms with Crippen molar-refractivity contribution in [3.05, 3.63) is 52.7 Å². The minimum absolute atomic E-state index is 0.146. The van der Waals surface area contributed by atoms with Crippen LogP contribution < -0.4 is 10.1 Å². The van der Waals surface area contributed by atoms with E-state index in [2.05, 4.69) is 15.3 Å². The van der Waals surface area contributed by atoms with Crippen molar-refractivity contribution in [3.63, 3.8) is 0 Å². The predicted octanol–water partition coefficient (Wildman–Crippen LogP) is 5.28. The lowest BCUT2D eigenvalue weighted by molar-refractivity contribution is 0.394. The normalized spacial score (nSPS) is 14.5. The molecule has 1 aromatic heterocycles. The van der Waals surface area contributed by atoms with E-state index in [0.717, 1.165) is 18.5 Å². The number of halogens is 1. The van der Waals surface area contributed by atoms with Crippen LogP contribution in [0.4, 0.5) is 10.1 Å². The average molecular weight is 489 g/mol. The Balaban J connectivity index is 1.89. The zero-order chi connectivity index (χ0) is 25.3. The molecule has 1 heterocycles. The molecule has 34 heavy (non-hydrogen) atoms.